The molecule has 2 aromatic heterocycles. The van der Waals surface area contributed by atoms with Gasteiger partial charge in [0, 0.05) is 21.7 Å². The minimum atomic E-state index is 0.924. The van der Waals surface area contributed by atoms with Gasteiger partial charge in [-0.05, 0) is 46.0 Å². The monoisotopic (exact) mass is 334 g/mol. The van der Waals surface area contributed by atoms with Crippen LogP contribution in [0.1, 0.15) is 0 Å². The zero-order valence-electron chi connectivity index (χ0n) is 13.9. The first-order chi connectivity index (χ1) is 12.9. The van der Waals surface area contributed by atoms with Crippen molar-refractivity contribution in [2.24, 2.45) is 0 Å². The van der Waals surface area contributed by atoms with Crippen molar-refractivity contribution in [3.63, 3.8) is 0 Å². The van der Waals surface area contributed by atoms with E-state index >= 15 is 0 Å². The normalized spacial score (nSPS) is 11.8. The van der Waals surface area contributed by atoms with Crippen molar-refractivity contribution in [1.29, 1.82) is 0 Å². The molecule has 2 nitrogen and oxygen atoms in total. The van der Waals surface area contributed by atoms with Crippen molar-refractivity contribution in [1.82, 2.24) is 0 Å². The topological polar surface area (TPSA) is 26.3 Å². The highest BCUT2D eigenvalue weighted by Gasteiger charge is 2.16. The molecule has 0 saturated carbocycles. The third-order valence-electron chi connectivity index (χ3n) is 5.20. The van der Waals surface area contributed by atoms with E-state index in [1.54, 1.807) is 12.5 Å². The Bertz CT molecular complexity index is 1420. The smallest absolute Gasteiger partial charge is 0.143 e. The highest BCUT2D eigenvalue weighted by atomic mass is 16.3. The van der Waals surface area contributed by atoms with Crippen molar-refractivity contribution < 1.29 is 8.83 Å². The molecule has 2 heterocycles. The molecule has 0 aliphatic heterocycles. The molecule has 2 heteroatoms. The van der Waals surface area contributed by atoms with Gasteiger partial charge in [0.25, 0.3) is 0 Å². The van der Waals surface area contributed by atoms with Crippen LogP contribution in [-0.2, 0) is 0 Å². The highest BCUT2D eigenvalue weighted by Crippen LogP contribution is 2.41. The summed E-state index contributed by atoms with van der Waals surface area (Å²) in [5.74, 6) is 0. The molecule has 4 aromatic carbocycles. The van der Waals surface area contributed by atoms with Gasteiger partial charge in [0.1, 0.15) is 11.2 Å². The average molecular weight is 334 g/mol. The van der Waals surface area contributed by atoms with Gasteiger partial charge in [0.15, 0.2) is 0 Å². The van der Waals surface area contributed by atoms with Gasteiger partial charge in [-0.3, -0.25) is 0 Å². The first kappa shape index (κ1) is 13.7. The number of fused-ring (bicyclic) bond motifs is 7. The Labute approximate surface area is 149 Å². The maximum absolute atomic E-state index is 6.32. The second-order valence-electron chi connectivity index (χ2n) is 6.62. The second kappa shape index (κ2) is 4.99. The lowest BCUT2D eigenvalue weighted by atomic mass is 9.93. The number of benzene rings is 4. The van der Waals surface area contributed by atoms with E-state index in [1.807, 2.05) is 18.2 Å². The van der Waals surface area contributed by atoms with Crippen LogP contribution in [0.15, 0.2) is 94.2 Å². The molecular formula is C24H14O2. The Hall–Kier alpha value is -3.52. The molecule has 0 atom stereocenters. The van der Waals surface area contributed by atoms with Gasteiger partial charge in [-0.1, -0.05) is 48.5 Å². The van der Waals surface area contributed by atoms with E-state index < -0.39 is 0 Å². The summed E-state index contributed by atoms with van der Waals surface area (Å²) in [5.41, 5.74) is 4.11. The van der Waals surface area contributed by atoms with Gasteiger partial charge in [-0.15, -0.1) is 0 Å². The Morgan fingerprint density at radius 1 is 0.654 bits per heavy atom. The van der Waals surface area contributed by atoms with Gasteiger partial charge >= 0.3 is 0 Å². The third kappa shape index (κ3) is 1.76. The Morgan fingerprint density at radius 3 is 2.35 bits per heavy atom. The van der Waals surface area contributed by atoms with Crippen molar-refractivity contribution >= 4 is 43.5 Å². The molecule has 0 radical (unpaired) electrons. The fourth-order valence-corrected chi connectivity index (χ4v) is 4.02. The first-order valence-corrected chi connectivity index (χ1v) is 8.68. The molecule has 0 N–H and O–H groups in total. The summed E-state index contributed by atoms with van der Waals surface area (Å²) in [4.78, 5) is 0. The molecule has 0 bridgehead atoms. The molecule has 0 fully saturated rings. The number of hydrogen-bond donors (Lipinski definition) is 0. The molecule has 0 aliphatic carbocycles. The Kier molecular flexibility index (Phi) is 2.64. The highest BCUT2D eigenvalue weighted by molar-refractivity contribution is 6.25. The predicted octanol–water partition coefficient (Wildman–Crippen LogP) is 7.15. The number of rotatable bonds is 1. The lowest BCUT2D eigenvalue weighted by molar-refractivity contribution is 0.568. The molecule has 0 unspecified atom stereocenters. The van der Waals surface area contributed by atoms with Crippen molar-refractivity contribution in [2.75, 3.05) is 0 Å². The fraction of sp³-hybridized carbons (Fsp3) is 0. The molecule has 0 amide bonds. The number of furan rings is 2. The van der Waals surface area contributed by atoms with Gasteiger partial charge in [-0.25, -0.2) is 0 Å². The van der Waals surface area contributed by atoms with Crippen LogP contribution in [0.3, 0.4) is 0 Å². The average Bonchev–Trinajstić information content (AvgIpc) is 3.34. The van der Waals surface area contributed by atoms with E-state index in [-0.39, 0.29) is 0 Å². The Morgan fingerprint density at radius 2 is 1.46 bits per heavy atom. The second-order valence-corrected chi connectivity index (χ2v) is 6.62. The van der Waals surface area contributed by atoms with Crippen LogP contribution in [0.25, 0.3) is 54.6 Å². The summed E-state index contributed by atoms with van der Waals surface area (Å²) in [6.45, 7) is 0. The largest absolute Gasteiger partial charge is 0.472 e. The minimum absolute atomic E-state index is 0.924. The molecule has 0 aliphatic rings. The summed E-state index contributed by atoms with van der Waals surface area (Å²) in [5, 5.41) is 7.05. The first-order valence-electron chi connectivity index (χ1n) is 8.68. The zero-order valence-corrected chi connectivity index (χ0v) is 13.9. The van der Waals surface area contributed by atoms with Gasteiger partial charge in [0.05, 0.1) is 12.5 Å². The number of para-hydroxylation sites is 1. The Balaban J connectivity index is 1.91. The maximum Gasteiger partial charge on any atom is 0.143 e. The van der Waals surface area contributed by atoms with Gasteiger partial charge in [-0.2, -0.15) is 0 Å². The van der Waals surface area contributed by atoms with Crippen molar-refractivity contribution in [3.05, 3.63) is 85.3 Å². The third-order valence-corrected chi connectivity index (χ3v) is 5.20. The summed E-state index contributed by atoms with van der Waals surface area (Å²) in [6.07, 6.45) is 3.52. The molecule has 6 rings (SSSR count). The van der Waals surface area contributed by atoms with Crippen LogP contribution >= 0.6 is 0 Å². The quantitative estimate of drug-likeness (QED) is 0.298. The zero-order chi connectivity index (χ0) is 17.1. The summed E-state index contributed by atoms with van der Waals surface area (Å²) >= 11 is 0. The molecule has 122 valence electrons. The van der Waals surface area contributed by atoms with E-state index in [4.69, 9.17) is 8.83 Å². The van der Waals surface area contributed by atoms with Crippen molar-refractivity contribution in [3.8, 4) is 11.1 Å². The fourth-order valence-electron chi connectivity index (χ4n) is 4.02. The molecule has 0 spiro atoms. The van der Waals surface area contributed by atoms with E-state index in [1.165, 1.54) is 16.2 Å². The van der Waals surface area contributed by atoms with Crippen molar-refractivity contribution in [2.45, 2.75) is 0 Å². The van der Waals surface area contributed by atoms with Crippen LogP contribution in [0.4, 0.5) is 0 Å². The predicted molar refractivity (Wildman–Crippen MR) is 106 cm³/mol. The van der Waals surface area contributed by atoms with Crippen LogP contribution in [0.2, 0.25) is 0 Å². The SMILES string of the molecule is c1ccc2c(c1)cc(-c1ccoc1)c1ccc3c4ccccc4oc3c12. The van der Waals surface area contributed by atoms with Crippen LogP contribution in [0, 0.1) is 0 Å². The lowest BCUT2D eigenvalue weighted by Crippen LogP contribution is -1.84. The van der Waals surface area contributed by atoms with E-state index in [0.717, 1.165) is 38.5 Å². The molecule has 26 heavy (non-hydrogen) atoms. The standard InChI is InChI=1S/C24H14O2/c1-2-6-17-15(5-1)13-21(16-11-12-25-14-16)19-9-10-20-18-7-3-4-8-22(18)26-24(20)23(17)19/h1-14H. The van der Waals surface area contributed by atoms with Crippen LogP contribution < -0.4 is 0 Å². The summed E-state index contributed by atoms with van der Waals surface area (Å²) < 4.78 is 11.7. The van der Waals surface area contributed by atoms with Crippen LogP contribution in [-0.4, -0.2) is 0 Å². The molecule has 0 saturated heterocycles. The summed E-state index contributed by atoms with van der Waals surface area (Å²) in [6, 6.07) is 25.3. The van der Waals surface area contributed by atoms with Gasteiger partial charge < -0.3 is 8.83 Å². The van der Waals surface area contributed by atoms with E-state index in [9.17, 15) is 0 Å². The molecular weight excluding hydrogens is 320 g/mol. The van der Waals surface area contributed by atoms with Crippen LogP contribution in [0.5, 0.6) is 0 Å². The lowest BCUT2D eigenvalue weighted by Gasteiger charge is -2.10. The van der Waals surface area contributed by atoms with Gasteiger partial charge in [0.2, 0.25) is 0 Å². The summed E-state index contributed by atoms with van der Waals surface area (Å²) in [7, 11) is 0. The minimum Gasteiger partial charge on any atom is -0.472 e. The number of hydrogen-bond acceptors (Lipinski definition) is 2. The van der Waals surface area contributed by atoms with E-state index in [2.05, 4.69) is 54.6 Å². The molecule has 6 aromatic rings. The maximum atomic E-state index is 6.32. The van der Waals surface area contributed by atoms with E-state index in [0.29, 0.717) is 0 Å².